The lowest BCUT2D eigenvalue weighted by atomic mass is 10.0. The highest BCUT2D eigenvalue weighted by Gasteiger charge is 2.22. The van der Waals surface area contributed by atoms with E-state index in [4.69, 9.17) is 0 Å². The molecule has 0 saturated carbocycles. The Kier molecular flexibility index (Phi) is 5.20. The number of pyridine rings is 1. The number of rotatable bonds is 3. The minimum Gasteiger partial charge on any atom is -0.346 e. The molecule has 1 amide bonds. The van der Waals surface area contributed by atoms with Gasteiger partial charge in [-0.25, -0.2) is 4.98 Å². The summed E-state index contributed by atoms with van der Waals surface area (Å²) in [6.45, 7) is 2.00. The van der Waals surface area contributed by atoms with Crippen LogP contribution in [-0.4, -0.2) is 47.0 Å². The Morgan fingerprint density at radius 1 is 1.43 bits per heavy atom. The molecule has 5 nitrogen and oxygen atoms in total. The summed E-state index contributed by atoms with van der Waals surface area (Å²) in [7, 11) is 1.92. The van der Waals surface area contributed by atoms with E-state index in [-0.39, 0.29) is 18.3 Å². The third-order valence-electron chi connectivity index (χ3n) is 4.13. The van der Waals surface area contributed by atoms with E-state index in [0.717, 1.165) is 42.5 Å². The van der Waals surface area contributed by atoms with Crippen LogP contribution >= 0.6 is 12.4 Å². The van der Waals surface area contributed by atoms with Crippen LogP contribution in [0.15, 0.2) is 24.5 Å². The topological polar surface area (TPSA) is 61.0 Å². The van der Waals surface area contributed by atoms with Crippen LogP contribution in [0.1, 0.15) is 18.4 Å². The van der Waals surface area contributed by atoms with Crippen LogP contribution in [0.3, 0.4) is 0 Å². The van der Waals surface area contributed by atoms with Gasteiger partial charge in [0.15, 0.2) is 0 Å². The molecule has 3 rings (SSSR count). The number of aromatic amines is 1. The van der Waals surface area contributed by atoms with Crippen molar-refractivity contribution in [3.63, 3.8) is 0 Å². The number of nitrogens with one attached hydrogen (secondary N) is 2. The summed E-state index contributed by atoms with van der Waals surface area (Å²) in [4.78, 5) is 21.7. The summed E-state index contributed by atoms with van der Waals surface area (Å²) < 4.78 is 0. The molecule has 0 aliphatic carbocycles. The molecule has 114 valence electrons. The fourth-order valence-corrected chi connectivity index (χ4v) is 2.84. The molecule has 2 N–H and O–H groups in total. The molecule has 2 aromatic rings. The highest BCUT2D eigenvalue weighted by molar-refractivity contribution is 5.87. The summed E-state index contributed by atoms with van der Waals surface area (Å²) in [5.41, 5.74) is 1.87. The second-order valence-electron chi connectivity index (χ2n) is 5.38. The van der Waals surface area contributed by atoms with E-state index in [0.29, 0.717) is 12.5 Å². The van der Waals surface area contributed by atoms with Crippen LogP contribution < -0.4 is 5.32 Å². The first kappa shape index (κ1) is 15.8. The van der Waals surface area contributed by atoms with Gasteiger partial charge in [0.25, 0.3) is 0 Å². The largest absolute Gasteiger partial charge is 0.346 e. The van der Waals surface area contributed by atoms with Gasteiger partial charge in [-0.1, -0.05) is 0 Å². The number of halogens is 1. The van der Waals surface area contributed by atoms with Crippen LogP contribution in [0.5, 0.6) is 0 Å². The molecular formula is C15H21ClN4O. The number of hydrogen-bond acceptors (Lipinski definition) is 3. The molecule has 1 aliphatic heterocycles. The number of likely N-dealkylation sites (N-methyl/N-ethyl adjacent to an activating group) is 1. The lowest BCUT2D eigenvalue weighted by molar-refractivity contribution is -0.131. The van der Waals surface area contributed by atoms with Crippen molar-refractivity contribution in [2.75, 3.05) is 20.1 Å². The van der Waals surface area contributed by atoms with Crippen LogP contribution in [-0.2, 0) is 11.2 Å². The second-order valence-corrected chi connectivity index (χ2v) is 5.38. The van der Waals surface area contributed by atoms with Crippen molar-refractivity contribution in [3.8, 4) is 0 Å². The summed E-state index contributed by atoms with van der Waals surface area (Å²) in [5.74, 6) is 0.182. The van der Waals surface area contributed by atoms with Crippen LogP contribution in [0.2, 0.25) is 0 Å². The number of carbonyl (C=O) groups excluding carboxylic acids is 1. The number of aromatic nitrogens is 2. The molecule has 1 aliphatic rings. The number of H-pyrrole nitrogens is 1. The van der Waals surface area contributed by atoms with Gasteiger partial charge in [0, 0.05) is 30.9 Å². The first-order chi connectivity index (χ1) is 9.75. The van der Waals surface area contributed by atoms with Crippen molar-refractivity contribution in [2.45, 2.75) is 25.3 Å². The van der Waals surface area contributed by atoms with Crippen molar-refractivity contribution in [2.24, 2.45) is 0 Å². The third-order valence-corrected chi connectivity index (χ3v) is 4.13. The Morgan fingerprint density at radius 3 is 2.95 bits per heavy atom. The standard InChI is InChI=1S/C15H20N4O.ClH/c1-19(12-4-7-16-8-5-12)14(20)9-11-10-18-15-13(11)3-2-6-17-15;/h2-3,6,10,12,16H,4-5,7-9H2,1H3,(H,17,18);1H. The molecule has 0 radical (unpaired) electrons. The van der Waals surface area contributed by atoms with Gasteiger partial charge in [0.1, 0.15) is 5.65 Å². The monoisotopic (exact) mass is 308 g/mol. The Bertz CT molecular complexity index is 606. The van der Waals surface area contributed by atoms with E-state index in [1.807, 2.05) is 30.3 Å². The molecular weight excluding hydrogens is 288 g/mol. The Morgan fingerprint density at radius 2 is 2.19 bits per heavy atom. The maximum Gasteiger partial charge on any atom is 0.227 e. The van der Waals surface area contributed by atoms with E-state index in [1.165, 1.54) is 0 Å². The highest BCUT2D eigenvalue weighted by atomic mass is 35.5. The maximum absolute atomic E-state index is 12.4. The summed E-state index contributed by atoms with van der Waals surface area (Å²) in [6.07, 6.45) is 6.17. The minimum absolute atomic E-state index is 0. The molecule has 0 bridgehead atoms. The fourth-order valence-electron chi connectivity index (χ4n) is 2.84. The van der Waals surface area contributed by atoms with Crippen molar-refractivity contribution in [1.29, 1.82) is 0 Å². The van der Waals surface area contributed by atoms with Gasteiger partial charge < -0.3 is 15.2 Å². The lowest BCUT2D eigenvalue weighted by Gasteiger charge is -2.31. The second kappa shape index (κ2) is 6.91. The van der Waals surface area contributed by atoms with Crippen LogP contribution in [0, 0.1) is 0 Å². The van der Waals surface area contributed by atoms with Gasteiger partial charge in [-0.2, -0.15) is 0 Å². The van der Waals surface area contributed by atoms with Crippen molar-refractivity contribution in [3.05, 3.63) is 30.1 Å². The average molecular weight is 309 g/mol. The van der Waals surface area contributed by atoms with E-state index >= 15 is 0 Å². The zero-order chi connectivity index (χ0) is 13.9. The van der Waals surface area contributed by atoms with E-state index in [9.17, 15) is 4.79 Å². The molecule has 3 heterocycles. The first-order valence-electron chi connectivity index (χ1n) is 7.13. The zero-order valence-electron chi connectivity index (χ0n) is 12.1. The van der Waals surface area contributed by atoms with Gasteiger partial charge in [-0.3, -0.25) is 4.79 Å². The van der Waals surface area contributed by atoms with Crippen LogP contribution in [0.25, 0.3) is 11.0 Å². The molecule has 0 spiro atoms. The van der Waals surface area contributed by atoms with E-state index < -0.39 is 0 Å². The minimum atomic E-state index is 0. The molecule has 1 fully saturated rings. The van der Waals surface area contributed by atoms with Gasteiger partial charge in [-0.15, -0.1) is 12.4 Å². The smallest absolute Gasteiger partial charge is 0.227 e. The highest BCUT2D eigenvalue weighted by Crippen LogP contribution is 2.18. The van der Waals surface area contributed by atoms with Crippen molar-refractivity contribution in [1.82, 2.24) is 20.2 Å². The Labute approximate surface area is 130 Å². The fraction of sp³-hybridized carbons (Fsp3) is 0.467. The zero-order valence-corrected chi connectivity index (χ0v) is 12.9. The quantitative estimate of drug-likeness (QED) is 0.908. The number of amides is 1. The predicted octanol–water partition coefficient (Wildman–Crippen LogP) is 1.74. The van der Waals surface area contributed by atoms with Gasteiger partial charge >= 0.3 is 0 Å². The molecule has 1 saturated heterocycles. The first-order valence-corrected chi connectivity index (χ1v) is 7.13. The van der Waals surface area contributed by atoms with Gasteiger partial charge in [0.05, 0.1) is 6.42 Å². The number of hydrogen-bond donors (Lipinski definition) is 2. The van der Waals surface area contributed by atoms with Gasteiger partial charge in [-0.05, 0) is 43.6 Å². The maximum atomic E-state index is 12.4. The third kappa shape index (κ3) is 3.36. The predicted molar refractivity (Wildman–Crippen MR) is 85.7 cm³/mol. The van der Waals surface area contributed by atoms with Crippen molar-refractivity contribution < 1.29 is 4.79 Å². The van der Waals surface area contributed by atoms with E-state index in [1.54, 1.807) is 6.20 Å². The Hall–Kier alpha value is -1.59. The molecule has 6 heteroatoms. The Balaban J connectivity index is 0.00000161. The molecule has 21 heavy (non-hydrogen) atoms. The molecule has 0 atom stereocenters. The SMILES string of the molecule is CN(C(=O)Cc1c[nH]c2ncccc12)C1CCNCC1.Cl. The number of carbonyl (C=O) groups is 1. The van der Waals surface area contributed by atoms with Gasteiger partial charge in [0.2, 0.25) is 5.91 Å². The summed E-state index contributed by atoms with van der Waals surface area (Å²) >= 11 is 0. The van der Waals surface area contributed by atoms with Crippen molar-refractivity contribution >= 4 is 29.3 Å². The number of fused-ring (bicyclic) bond motifs is 1. The van der Waals surface area contributed by atoms with E-state index in [2.05, 4.69) is 15.3 Å². The normalized spacial score (nSPS) is 15.7. The lowest BCUT2D eigenvalue weighted by Crippen LogP contribution is -2.44. The summed E-state index contributed by atoms with van der Waals surface area (Å²) in [6, 6.07) is 4.28. The number of nitrogens with zero attached hydrogens (tertiary/aromatic N) is 2. The average Bonchev–Trinajstić information content (AvgIpc) is 2.91. The molecule has 2 aromatic heterocycles. The molecule has 0 aromatic carbocycles. The number of piperidine rings is 1. The molecule has 0 unspecified atom stereocenters. The summed E-state index contributed by atoms with van der Waals surface area (Å²) in [5, 5.41) is 4.37. The van der Waals surface area contributed by atoms with Crippen LogP contribution in [0.4, 0.5) is 0 Å².